The summed E-state index contributed by atoms with van der Waals surface area (Å²) < 4.78 is 38.6. The van der Waals surface area contributed by atoms with Crippen LogP contribution in [-0.2, 0) is 22.2 Å². The van der Waals surface area contributed by atoms with Gasteiger partial charge in [-0.25, -0.2) is 8.42 Å². The zero-order valence-electron chi connectivity index (χ0n) is 18.3. The van der Waals surface area contributed by atoms with E-state index in [1.165, 1.54) is 11.8 Å². The van der Waals surface area contributed by atoms with Crippen molar-refractivity contribution in [2.45, 2.75) is 41.6 Å². The average Bonchev–Trinajstić information content (AvgIpc) is 3.54. The average molecular weight is 498 g/mol. The monoisotopic (exact) mass is 497 g/mol. The highest BCUT2D eigenvalue weighted by molar-refractivity contribution is 7.98. The molecule has 0 radical (unpaired) electrons. The third-order valence-corrected chi connectivity index (χ3v) is 8.17. The molecule has 0 amide bonds. The molecule has 1 aliphatic heterocycles. The first-order valence-electron chi connectivity index (χ1n) is 11.0. The van der Waals surface area contributed by atoms with Crippen molar-refractivity contribution in [3.05, 3.63) is 71.9 Å². The third kappa shape index (κ3) is 5.21. The predicted octanol–water partition coefficient (Wildman–Crippen LogP) is 4.18. The van der Waals surface area contributed by atoms with E-state index < -0.39 is 10.0 Å². The van der Waals surface area contributed by atoms with Gasteiger partial charge in [0, 0.05) is 25.1 Å². The van der Waals surface area contributed by atoms with Crippen molar-refractivity contribution in [2.24, 2.45) is 0 Å². The van der Waals surface area contributed by atoms with E-state index >= 15 is 0 Å². The van der Waals surface area contributed by atoms with Crippen LogP contribution >= 0.6 is 11.8 Å². The third-order valence-electron chi connectivity index (χ3n) is 5.47. The lowest BCUT2D eigenvalue weighted by molar-refractivity contribution is 0.346. The van der Waals surface area contributed by atoms with E-state index in [0.717, 1.165) is 24.8 Å². The number of hydrogen-bond donors (Lipinski definition) is 0. The van der Waals surface area contributed by atoms with Crippen LogP contribution in [0.4, 0.5) is 0 Å². The molecule has 1 saturated heterocycles. The molecule has 176 valence electrons. The highest BCUT2D eigenvalue weighted by atomic mass is 32.2. The van der Waals surface area contributed by atoms with Crippen LogP contribution in [0.1, 0.15) is 36.5 Å². The van der Waals surface area contributed by atoms with Gasteiger partial charge >= 0.3 is 0 Å². The van der Waals surface area contributed by atoms with Gasteiger partial charge in [0.1, 0.15) is 0 Å². The molecule has 0 N–H and O–H groups in total. The lowest BCUT2D eigenvalue weighted by Gasteiger charge is -2.25. The first-order valence-corrected chi connectivity index (χ1v) is 13.4. The fourth-order valence-corrected chi connectivity index (χ4v) is 5.92. The summed E-state index contributed by atoms with van der Waals surface area (Å²) in [6.07, 6.45) is 3.43. The molecule has 0 aliphatic carbocycles. The molecule has 0 saturated carbocycles. The van der Waals surface area contributed by atoms with E-state index in [9.17, 15) is 8.42 Å². The minimum atomic E-state index is -3.54. The van der Waals surface area contributed by atoms with Crippen molar-refractivity contribution in [2.75, 3.05) is 13.1 Å². The molecule has 2 aromatic heterocycles. The standard InChI is InChI=1S/C23H23N5O4S2/c29-34(30,28-12-5-2-6-13-28)19-11-7-10-18(15-19)22-25-26-23(31-22)33-16-21-24-20(27-32-21)14-17-8-3-1-4-9-17/h1,3-4,7-11,15H,2,5-6,12-14,16H2. The Labute approximate surface area is 201 Å². The van der Waals surface area contributed by atoms with Crippen LogP contribution in [0, 0.1) is 0 Å². The fraction of sp³-hybridized carbons (Fsp3) is 0.304. The van der Waals surface area contributed by atoms with Crippen molar-refractivity contribution in [1.29, 1.82) is 0 Å². The van der Waals surface area contributed by atoms with Gasteiger partial charge in [-0.05, 0) is 36.6 Å². The summed E-state index contributed by atoms with van der Waals surface area (Å²) in [6.45, 7) is 1.10. The molecule has 0 bridgehead atoms. The zero-order chi connectivity index (χ0) is 23.4. The summed E-state index contributed by atoms with van der Waals surface area (Å²) in [6, 6.07) is 16.6. The molecule has 0 unspecified atom stereocenters. The highest BCUT2D eigenvalue weighted by Crippen LogP contribution is 2.28. The Morgan fingerprint density at radius 2 is 1.79 bits per heavy atom. The molecule has 5 rings (SSSR count). The van der Waals surface area contributed by atoms with E-state index in [0.29, 0.717) is 47.8 Å². The summed E-state index contributed by atoms with van der Waals surface area (Å²) in [7, 11) is -3.54. The Morgan fingerprint density at radius 1 is 0.971 bits per heavy atom. The Kier molecular flexibility index (Phi) is 6.75. The van der Waals surface area contributed by atoms with Crippen LogP contribution in [0.5, 0.6) is 0 Å². The summed E-state index contributed by atoms with van der Waals surface area (Å²) >= 11 is 1.28. The van der Waals surface area contributed by atoms with Gasteiger partial charge in [0.25, 0.3) is 5.22 Å². The molecule has 11 heteroatoms. The number of benzene rings is 2. The molecule has 1 aliphatic rings. The number of sulfonamides is 1. The number of rotatable bonds is 8. The van der Waals surface area contributed by atoms with E-state index in [1.54, 1.807) is 28.6 Å². The van der Waals surface area contributed by atoms with E-state index in [1.807, 2.05) is 30.3 Å². The maximum Gasteiger partial charge on any atom is 0.277 e. The van der Waals surface area contributed by atoms with Gasteiger partial charge in [-0.2, -0.15) is 9.29 Å². The summed E-state index contributed by atoms with van der Waals surface area (Å²) in [5.74, 6) is 1.71. The molecule has 34 heavy (non-hydrogen) atoms. The summed E-state index contributed by atoms with van der Waals surface area (Å²) in [5, 5.41) is 12.5. The van der Waals surface area contributed by atoms with Crippen LogP contribution in [0.3, 0.4) is 0 Å². The molecule has 9 nitrogen and oxygen atoms in total. The van der Waals surface area contributed by atoms with Crippen LogP contribution in [-0.4, -0.2) is 46.2 Å². The smallest absolute Gasteiger partial charge is 0.277 e. The highest BCUT2D eigenvalue weighted by Gasteiger charge is 2.26. The topological polar surface area (TPSA) is 115 Å². The van der Waals surface area contributed by atoms with Crippen LogP contribution in [0.25, 0.3) is 11.5 Å². The number of piperidine rings is 1. The van der Waals surface area contributed by atoms with Crippen LogP contribution < -0.4 is 0 Å². The van der Waals surface area contributed by atoms with Gasteiger partial charge in [-0.15, -0.1) is 10.2 Å². The van der Waals surface area contributed by atoms with E-state index in [-0.39, 0.29) is 10.8 Å². The van der Waals surface area contributed by atoms with Gasteiger partial charge in [-0.1, -0.05) is 59.7 Å². The number of aromatic nitrogens is 4. The Bertz CT molecular complexity index is 1350. The van der Waals surface area contributed by atoms with Gasteiger partial charge < -0.3 is 8.94 Å². The first kappa shape index (κ1) is 22.8. The summed E-state index contributed by atoms with van der Waals surface area (Å²) in [4.78, 5) is 4.64. The Hall–Kier alpha value is -3.02. The molecular formula is C23H23N5O4S2. The quantitative estimate of drug-likeness (QED) is 0.331. The SMILES string of the molecule is O=S(=O)(c1cccc(-c2nnc(SCc3nc(Cc4ccccc4)no3)o2)c1)N1CCCCC1. The van der Waals surface area contributed by atoms with Crippen LogP contribution in [0.15, 0.2) is 73.7 Å². The Morgan fingerprint density at radius 3 is 2.62 bits per heavy atom. The molecule has 2 aromatic carbocycles. The predicted molar refractivity (Wildman–Crippen MR) is 125 cm³/mol. The first-order chi connectivity index (χ1) is 16.6. The van der Waals surface area contributed by atoms with Crippen molar-refractivity contribution in [3.63, 3.8) is 0 Å². The normalized spacial score (nSPS) is 14.9. The second-order valence-corrected chi connectivity index (χ2v) is 10.8. The second-order valence-electron chi connectivity index (χ2n) is 7.92. The lowest BCUT2D eigenvalue weighted by atomic mass is 10.1. The van der Waals surface area contributed by atoms with Gasteiger partial charge in [0.05, 0.1) is 10.6 Å². The maximum absolute atomic E-state index is 13.0. The molecule has 0 atom stereocenters. The number of nitrogens with zero attached hydrogens (tertiary/aromatic N) is 5. The minimum absolute atomic E-state index is 0.233. The molecule has 3 heterocycles. The van der Waals surface area contributed by atoms with Gasteiger partial charge in [-0.3, -0.25) is 0 Å². The van der Waals surface area contributed by atoms with E-state index in [2.05, 4.69) is 20.3 Å². The van der Waals surface area contributed by atoms with Crippen molar-refractivity contribution >= 4 is 21.8 Å². The van der Waals surface area contributed by atoms with Gasteiger partial charge in [0.15, 0.2) is 5.82 Å². The van der Waals surface area contributed by atoms with Crippen molar-refractivity contribution in [1.82, 2.24) is 24.6 Å². The van der Waals surface area contributed by atoms with Gasteiger partial charge in [0.2, 0.25) is 21.8 Å². The molecule has 4 aromatic rings. The largest absolute Gasteiger partial charge is 0.411 e. The molecular weight excluding hydrogens is 474 g/mol. The summed E-state index contributed by atoms with van der Waals surface area (Å²) in [5.41, 5.74) is 1.66. The number of thioether (sulfide) groups is 1. The lowest BCUT2D eigenvalue weighted by Crippen LogP contribution is -2.35. The fourth-order valence-electron chi connectivity index (χ4n) is 3.75. The minimum Gasteiger partial charge on any atom is -0.411 e. The van der Waals surface area contributed by atoms with Crippen LogP contribution in [0.2, 0.25) is 0 Å². The second kappa shape index (κ2) is 10.1. The molecule has 0 spiro atoms. The zero-order valence-corrected chi connectivity index (χ0v) is 20.0. The van der Waals surface area contributed by atoms with E-state index in [4.69, 9.17) is 8.94 Å². The Balaban J connectivity index is 1.24. The van der Waals surface area contributed by atoms with Crippen molar-refractivity contribution in [3.8, 4) is 11.5 Å². The maximum atomic E-state index is 13.0. The molecule has 1 fully saturated rings. The van der Waals surface area contributed by atoms with Crippen molar-refractivity contribution < 1.29 is 17.4 Å². The number of hydrogen-bond acceptors (Lipinski definition) is 9.